The van der Waals surface area contributed by atoms with Gasteiger partial charge in [-0.1, -0.05) is 65.8 Å². The first-order valence-corrected chi connectivity index (χ1v) is 11.4. The van der Waals surface area contributed by atoms with Crippen molar-refractivity contribution in [3.05, 3.63) is 107 Å². The van der Waals surface area contributed by atoms with E-state index in [9.17, 15) is 4.79 Å². The quantitative estimate of drug-likeness (QED) is 0.326. The Kier molecular flexibility index (Phi) is 6.06. The fourth-order valence-electron chi connectivity index (χ4n) is 4.22. The zero-order valence-electron chi connectivity index (χ0n) is 19.9. The number of para-hydroxylation sites is 1. The second kappa shape index (κ2) is 9.46. The summed E-state index contributed by atoms with van der Waals surface area (Å²) >= 11 is 0. The summed E-state index contributed by atoms with van der Waals surface area (Å²) in [6.07, 6.45) is 3.43. The smallest absolute Gasteiger partial charge is 0.278 e. The van der Waals surface area contributed by atoms with Gasteiger partial charge in [-0.05, 0) is 48.2 Å². The number of benzene rings is 3. The number of aromatic nitrogens is 3. The summed E-state index contributed by atoms with van der Waals surface area (Å²) in [6.45, 7) is 6.54. The molecule has 0 aliphatic carbocycles. The Bertz CT molecular complexity index is 1490. The molecule has 1 N–H and O–H groups in total. The van der Waals surface area contributed by atoms with Gasteiger partial charge in [-0.3, -0.25) is 9.48 Å². The van der Waals surface area contributed by atoms with Gasteiger partial charge in [-0.2, -0.15) is 5.10 Å². The molecule has 5 rings (SSSR count). The average molecular weight is 467 g/mol. The van der Waals surface area contributed by atoms with Crippen LogP contribution < -0.4 is 10.1 Å². The van der Waals surface area contributed by atoms with E-state index in [1.807, 2.05) is 50.2 Å². The Morgan fingerprint density at radius 1 is 1.00 bits per heavy atom. The van der Waals surface area contributed by atoms with E-state index in [-0.39, 0.29) is 18.2 Å². The minimum atomic E-state index is -0.369. The van der Waals surface area contributed by atoms with Crippen LogP contribution in [0.3, 0.4) is 0 Å². The van der Waals surface area contributed by atoms with Gasteiger partial charge >= 0.3 is 0 Å². The highest BCUT2D eigenvalue weighted by Crippen LogP contribution is 2.25. The fraction of sp³-hybridized carbons (Fsp3) is 0.179. The van der Waals surface area contributed by atoms with Crippen molar-refractivity contribution in [3.63, 3.8) is 0 Å². The number of rotatable bonds is 7. The Morgan fingerprint density at radius 2 is 1.74 bits per heavy atom. The lowest BCUT2D eigenvalue weighted by Gasteiger charge is -2.12. The number of carbonyl (C=O) groups is 1. The lowest BCUT2D eigenvalue weighted by atomic mass is 10.0. The first-order chi connectivity index (χ1) is 17.0. The van der Waals surface area contributed by atoms with Gasteiger partial charge < -0.3 is 14.6 Å². The summed E-state index contributed by atoms with van der Waals surface area (Å²) in [5.41, 5.74) is 4.62. The maximum atomic E-state index is 13.0. The summed E-state index contributed by atoms with van der Waals surface area (Å²) in [6, 6.07) is 20.4. The Hall–Kier alpha value is -4.39. The number of aryl methyl sites for hydroxylation is 3. The number of nitrogens with one attached hydrogen (secondary N) is 1. The Labute approximate surface area is 203 Å². The number of hydrogen-bond acceptors (Lipinski definition) is 5. The summed E-state index contributed by atoms with van der Waals surface area (Å²) in [4.78, 5) is 13.0. The van der Waals surface area contributed by atoms with E-state index in [2.05, 4.69) is 39.8 Å². The first-order valence-electron chi connectivity index (χ1n) is 11.4. The van der Waals surface area contributed by atoms with E-state index in [1.165, 1.54) is 10.8 Å². The number of anilines is 1. The van der Waals surface area contributed by atoms with Crippen molar-refractivity contribution in [2.45, 2.75) is 33.9 Å². The Morgan fingerprint density at radius 3 is 2.57 bits per heavy atom. The van der Waals surface area contributed by atoms with E-state index >= 15 is 0 Å². The summed E-state index contributed by atoms with van der Waals surface area (Å²) in [5, 5.41) is 13.6. The third-order valence-corrected chi connectivity index (χ3v) is 6.07. The van der Waals surface area contributed by atoms with Crippen LogP contribution in [0.5, 0.6) is 5.75 Å². The summed E-state index contributed by atoms with van der Waals surface area (Å²) < 4.78 is 13.2. The predicted molar refractivity (Wildman–Crippen MR) is 135 cm³/mol. The average Bonchev–Trinajstić information content (AvgIpc) is 3.45. The third-order valence-electron chi connectivity index (χ3n) is 6.07. The van der Waals surface area contributed by atoms with Crippen LogP contribution in [-0.4, -0.2) is 20.8 Å². The molecule has 0 aliphatic heterocycles. The standard InChI is InChI=1S/C28H26N4O3/c1-18-8-6-9-19(2)27(18)34-17-25-20(3)35-31-26(25)28(33)30-23-14-29-32(16-23)15-22-12-7-11-21-10-4-5-13-24(21)22/h4-14,16H,15,17H2,1-3H3,(H,30,33). The molecule has 2 aromatic heterocycles. The molecule has 3 aromatic carbocycles. The molecule has 0 fully saturated rings. The van der Waals surface area contributed by atoms with Gasteiger partial charge in [0, 0.05) is 6.20 Å². The fourth-order valence-corrected chi connectivity index (χ4v) is 4.22. The molecule has 0 bridgehead atoms. The molecule has 35 heavy (non-hydrogen) atoms. The minimum absolute atomic E-state index is 0.185. The maximum absolute atomic E-state index is 13.0. The van der Waals surface area contributed by atoms with Crippen molar-refractivity contribution < 1.29 is 14.1 Å². The molecule has 0 aliphatic rings. The van der Waals surface area contributed by atoms with E-state index < -0.39 is 0 Å². The van der Waals surface area contributed by atoms with Crippen molar-refractivity contribution in [2.75, 3.05) is 5.32 Å². The van der Waals surface area contributed by atoms with Gasteiger partial charge in [-0.15, -0.1) is 0 Å². The summed E-state index contributed by atoms with van der Waals surface area (Å²) in [5.74, 6) is 0.980. The van der Waals surface area contributed by atoms with Crippen molar-refractivity contribution in [1.29, 1.82) is 0 Å². The highest BCUT2D eigenvalue weighted by Gasteiger charge is 2.21. The van der Waals surface area contributed by atoms with Gasteiger partial charge in [0.05, 0.1) is 24.0 Å². The molecule has 0 saturated carbocycles. The molecule has 0 atom stereocenters. The highest BCUT2D eigenvalue weighted by atomic mass is 16.5. The number of fused-ring (bicyclic) bond motifs is 1. The molecule has 0 saturated heterocycles. The van der Waals surface area contributed by atoms with Crippen LogP contribution in [0.4, 0.5) is 5.69 Å². The molecule has 0 spiro atoms. The number of nitrogens with zero attached hydrogens (tertiary/aromatic N) is 3. The van der Waals surface area contributed by atoms with Crippen LogP contribution in [0.15, 0.2) is 77.6 Å². The molecule has 0 unspecified atom stereocenters. The van der Waals surface area contributed by atoms with Crippen LogP contribution in [0.1, 0.15) is 38.5 Å². The molecule has 7 nitrogen and oxygen atoms in total. The lowest BCUT2D eigenvalue weighted by molar-refractivity contribution is 0.101. The van der Waals surface area contributed by atoms with Crippen molar-refractivity contribution in [1.82, 2.24) is 14.9 Å². The Balaban J connectivity index is 1.30. The molecule has 5 aromatic rings. The monoisotopic (exact) mass is 466 g/mol. The molecule has 2 heterocycles. The van der Waals surface area contributed by atoms with Crippen LogP contribution in [-0.2, 0) is 13.2 Å². The van der Waals surface area contributed by atoms with E-state index in [1.54, 1.807) is 24.0 Å². The normalized spacial score (nSPS) is 11.1. The van der Waals surface area contributed by atoms with Gasteiger partial charge in [0.25, 0.3) is 5.91 Å². The van der Waals surface area contributed by atoms with E-state index in [0.717, 1.165) is 22.4 Å². The van der Waals surface area contributed by atoms with Crippen molar-refractivity contribution in [3.8, 4) is 5.75 Å². The van der Waals surface area contributed by atoms with Gasteiger partial charge in [0.2, 0.25) is 0 Å². The third kappa shape index (κ3) is 4.66. The van der Waals surface area contributed by atoms with Crippen LogP contribution in [0, 0.1) is 20.8 Å². The first kappa shape index (κ1) is 22.4. The molecule has 1 amide bonds. The van der Waals surface area contributed by atoms with Crippen LogP contribution in [0.2, 0.25) is 0 Å². The van der Waals surface area contributed by atoms with Crippen LogP contribution >= 0.6 is 0 Å². The van der Waals surface area contributed by atoms with Gasteiger partial charge in [-0.25, -0.2) is 0 Å². The molecule has 7 heteroatoms. The zero-order valence-corrected chi connectivity index (χ0v) is 19.9. The number of ether oxygens (including phenoxy) is 1. The molecular formula is C28H26N4O3. The van der Waals surface area contributed by atoms with Gasteiger partial charge in [0.1, 0.15) is 18.1 Å². The van der Waals surface area contributed by atoms with E-state index in [0.29, 0.717) is 23.6 Å². The molecule has 176 valence electrons. The van der Waals surface area contributed by atoms with E-state index in [4.69, 9.17) is 9.26 Å². The van der Waals surface area contributed by atoms with Crippen molar-refractivity contribution >= 4 is 22.4 Å². The SMILES string of the molecule is Cc1cccc(C)c1OCc1c(C(=O)Nc2cnn(Cc3cccc4ccccc34)c2)noc1C. The zero-order chi connectivity index (χ0) is 24.4. The number of carbonyl (C=O) groups excluding carboxylic acids is 1. The van der Waals surface area contributed by atoms with Crippen molar-refractivity contribution in [2.24, 2.45) is 0 Å². The largest absolute Gasteiger partial charge is 0.488 e. The van der Waals surface area contributed by atoms with Crippen LogP contribution in [0.25, 0.3) is 10.8 Å². The molecular weight excluding hydrogens is 440 g/mol. The highest BCUT2D eigenvalue weighted by molar-refractivity contribution is 6.03. The molecule has 0 radical (unpaired) electrons. The number of amides is 1. The lowest BCUT2D eigenvalue weighted by Crippen LogP contribution is -2.15. The maximum Gasteiger partial charge on any atom is 0.278 e. The van der Waals surface area contributed by atoms with Gasteiger partial charge in [0.15, 0.2) is 5.69 Å². The second-order valence-electron chi connectivity index (χ2n) is 8.59. The number of hydrogen-bond donors (Lipinski definition) is 1. The summed E-state index contributed by atoms with van der Waals surface area (Å²) in [7, 11) is 0. The minimum Gasteiger partial charge on any atom is -0.488 e. The topological polar surface area (TPSA) is 82.2 Å². The predicted octanol–water partition coefficient (Wildman–Crippen LogP) is 5.83. The second-order valence-corrected chi connectivity index (χ2v) is 8.59.